The smallest absolute Gasteiger partial charge is 0.126 e. The first-order valence-electron chi connectivity index (χ1n) is 5.30. The number of nitrogens with two attached hydrogens (primary N) is 1. The molecular formula is C13H11BrClN3. The molecule has 0 radical (unpaired) electrons. The number of nitrogens with zero attached hydrogens (tertiary/aromatic N) is 2. The maximum absolute atomic E-state index is 9.11. The molecule has 0 saturated heterocycles. The number of hydrogen-bond acceptors (Lipinski definition) is 2. The van der Waals surface area contributed by atoms with Gasteiger partial charge < -0.3 is 5.73 Å². The van der Waals surface area contributed by atoms with Gasteiger partial charge in [0.05, 0.1) is 16.3 Å². The van der Waals surface area contributed by atoms with Crippen molar-refractivity contribution in [2.75, 3.05) is 5.73 Å². The summed E-state index contributed by atoms with van der Waals surface area (Å²) in [6, 6.07) is 7.69. The zero-order valence-electron chi connectivity index (χ0n) is 9.96. The maximum atomic E-state index is 9.11. The Kier molecular flexibility index (Phi) is 3.38. The fourth-order valence-corrected chi connectivity index (χ4v) is 2.71. The highest BCUT2D eigenvalue weighted by atomic mass is 79.9. The first kappa shape index (κ1) is 13.0. The highest BCUT2D eigenvalue weighted by Gasteiger charge is 2.17. The Balaban J connectivity index is 2.77. The van der Waals surface area contributed by atoms with Crippen molar-refractivity contribution in [2.45, 2.75) is 13.8 Å². The summed E-state index contributed by atoms with van der Waals surface area (Å²) in [7, 11) is 0. The zero-order valence-corrected chi connectivity index (χ0v) is 12.3. The molecule has 0 bridgehead atoms. The van der Waals surface area contributed by atoms with Crippen molar-refractivity contribution in [1.82, 2.24) is 4.57 Å². The largest absolute Gasteiger partial charge is 0.384 e. The molecule has 1 aromatic heterocycles. The van der Waals surface area contributed by atoms with E-state index in [0.29, 0.717) is 16.4 Å². The van der Waals surface area contributed by atoms with Gasteiger partial charge in [-0.25, -0.2) is 0 Å². The monoisotopic (exact) mass is 323 g/mol. The van der Waals surface area contributed by atoms with Crippen LogP contribution < -0.4 is 5.73 Å². The highest BCUT2D eigenvalue weighted by Crippen LogP contribution is 2.32. The second-order valence-corrected chi connectivity index (χ2v) is 5.34. The number of nitrogen functional groups attached to an aromatic ring is 1. The molecule has 92 valence electrons. The van der Waals surface area contributed by atoms with Crippen molar-refractivity contribution in [3.05, 3.63) is 44.5 Å². The first-order valence-corrected chi connectivity index (χ1v) is 6.47. The van der Waals surface area contributed by atoms with Gasteiger partial charge in [-0.15, -0.1) is 0 Å². The molecule has 3 nitrogen and oxygen atoms in total. The lowest BCUT2D eigenvalue weighted by Gasteiger charge is -2.11. The summed E-state index contributed by atoms with van der Waals surface area (Å²) in [6.07, 6.45) is 0. The van der Waals surface area contributed by atoms with E-state index in [0.717, 1.165) is 21.4 Å². The van der Waals surface area contributed by atoms with Gasteiger partial charge in [-0.1, -0.05) is 27.5 Å². The lowest BCUT2D eigenvalue weighted by Crippen LogP contribution is -2.03. The fourth-order valence-electron chi connectivity index (χ4n) is 1.95. The van der Waals surface area contributed by atoms with Crippen LogP contribution in [0.4, 0.5) is 5.82 Å². The molecule has 0 atom stereocenters. The van der Waals surface area contributed by atoms with E-state index in [-0.39, 0.29) is 0 Å². The zero-order chi connectivity index (χ0) is 13.4. The van der Waals surface area contributed by atoms with Crippen LogP contribution in [-0.2, 0) is 0 Å². The molecule has 18 heavy (non-hydrogen) atoms. The summed E-state index contributed by atoms with van der Waals surface area (Å²) in [5.41, 5.74) is 9.12. The SMILES string of the molecule is Cc1c(C#N)c(N)n(-c2ccc(Br)cc2Cl)c1C. The third-order valence-electron chi connectivity index (χ3n) is 3.01. The Morgan fingerprint density at radius 1 is 1.39 bits per heavy atom. The minimum absolute atomic E-state index is 0.428. The van der Waals surface area contributed by atoms with Gasteiger partial charge in [-0.3, -0.25) is 4.57 Å². The van der Waals surface area contributed by atoms with Crippen LogP contribution in [0.1, 0.15) is 16.8 Å². The summed E-state index contributed by atoms with van der Waals surface area (Å²) in [5.74, 6) is 0.428. The lowest BCUT2D eigenvalue weighted by atomic mass is 10.2. The molecule has 2 rings (SSSR count). The predicted octanol–water partition coefficient (Wildman–Crippen LogP) is 3.96. The second-order valence-electron chi connectivity index (χ2n) is 4.01. The lowest BCUT2D eigenvalue weighted by molar-refractivity contribution is 1.02. The molecule has 0 aliphatic rings. The molecule has 0 unspecified atom stereocenters. The Morgan fingerprint density at radius 2 is 2.06 bits per heavy atom. The predicted molar refractivity (Wildman–Crippen MR) is 77.1 cm³/mol. The van der Waals surface area contributed by atoms with E-state index in [4.69, 9.17) is 22.6 Å². The van der Waals surface area contributed by atoms with Crippen LogP contribution in [0.2, 0.25) is 5.02 Å². The number of aromatic nitrogens is 1. The first-order chi connectivity index (χ1) is 8.47. The second kappa shape index (κ2) is 4.68. The van der Waals surface area contributed by atoms with Gasteiger partial charge in [0.1, 0.15) is 11.9 Å². The number of hydrogen-bond donors (Lipinski definition) is 1. The van der Waals surface area contributed by atoms with Crippen molar-refractivity contribution < 1.29 is 0 Å². The molecule has 2 N–H and O–H groups in total. The molecule has 0 spiro atoms. The summed E-state index contributed by atoms with van der Waals surface area (Å²) in [5, 5.41) is 9.70. The molecule has 5 heteroatoms. The highest BCUT2D eigenvalue weighted by molar-refractivity contribution is 9.10. The van der Waals surface area contributed by atoms with E-state index < -0.39 is 0 Å². The Hall–Kier alpha value is -1.44. The van der Waals surface area contributed by atoms with E-state index in [1.54, 1.807) is 6.07 Å². The topological polar surface area (TPSA) is 54.7 Å². The molecule has 0 aliphatic heterocycles. The van der Waals surface area contributed by atoms with Gasteiger partial charge in [0, 0.05) is 10.2 Å². The number of anilines is 1. The van der Waals surface area contributed by atoms with Crippen molar-refractivity contribution in [2.24, 2.45) is 0 Å². The minimum atomic E-state index is 0.428. The summed E-state index contributed by atoms with van der Waals surface area (Å²) >= 11 is 9.59. The van der Waals surface area contributed by atoms with Crippen LogP contribution in [0.25, 0.3) is 5.69 Å². The molecule has 0 amide bonds. The van der Waals surface area contributed by atoms with Crippen molar-refractivity contribution >= 4 is 33.3 Å². The Bertz CT molecular complexity index is 668. The van der Waals surface area contributed by atoms with Gasteiger partial charge in [0.25, 0.3) is 0 Å². The summed E-state index contributed by atoms with van der Waals surface area (Å²) in [4.78, 5) is 0. The van der Waals surface area contributed by atoms with E-state index in [9.17, 15) is 0 Å². The molecule has 1 aromatic carbocycles. The van der Waals surface area contributed by atoms with Crippen LogP contribution in [0.5, 0.6) is 0 Å². The van der Waals surface area contributed by atoms with Gasteiger partial charge in [-0.05, 0) is 37.6 Å². The maximum Gasteiger partial charge on any atom is 0.126 e. The molecule has 0 saturated carbocycles. The van der Waals surface area contributed by atoms with Crippen LogP contribution >= 0.6 is 27.5 Å². The number of halogens is 2. The van der Waals surface area contributed by atoms with Gasteiger partial charge in [0.15, 0.2) is 0 Å². The number of nitriles is 1. The minimum Gasteiger partial charge on any atom is -0.384 e. The van der Waals surface area contributed by atoms with Crippen LogP contribution in [0.3, 0.4) is 0 Å². The average molecular weight is 325 g/mol. The van der Waals surface area contributed by atoms with E-state index >= 15 is 0 Å². The molecule has 0 fully saturated rings. The van der Waals surface area contributed by atoms with Crippen molar-refractivity contribution in [3.63, 3.8) is 0 Å². The molecule has 2 aromatic rings. The number of benzene rings is 1. The third kappa shape index (κ3) is 1.90. The van der Waals surface area contributed by atoms with Crippen molar-refractivity contribution in [3.8, 4) is 11.8 Å². The Morgan fingerprint density at radius 3 is 2.56 bits per heavy atom. The standard InChI is InChI=1S/C13H11BrClN3/c1-7-8(2)18(13(17)10(7)6-16)12-4-3-9(14)5-11(12)15/h3-5H,17H2,1-2H3. The van der Waals surface area contributed by atoms with E-state index in [2.05, 4.69) is 22.0 Å². The normalized spacial score (nSPS) is 10.4. The summed E-state index contributed by atoms with van der Waals surface area (Å²) < 4.78 is 2.71. The van der Waals surface area contributed by atoms with Crippen LogP contribution in [0.15, 0.2) is 22.7 Å². The van der Waals surface area contributed by atoms with Gasteiger partial charge >= 0.3 is 0 Å². The molecule has 1 heterocycles. The number of rotatable bonds is 1. The van der Waals surface area contributed by atoms with E-state index in [1.807, 2.05) is 30.5 Å². The fraction of sp³-hybridized carbons (Fsp3) is 0.154. The Labute approximate surface area is 119 Å². The quantitative estimate of drug-likeness (QED) is 0.863. The van der Waals surface area contributed by atoms with Gasteiger partial charge in [-0.2, -0.15) is 5.26 Å². The van der Waals surface area contributed by atoms with Gasteiger partial charge in [0.2, 0.25) is 0 Å². The average Bonchev–Trinajstić information content (AvgIpc) is 2.52. The third-order valence-corrected chi connectivity index (χ3v) is 3.81. The van der Waals surface area contributed by atoms with Crippen molar-refractivity contribution in [1.29, 1.82) is 5.26 Å². The molecular weight excluding hydrogens is 314 g/mol. The summed E-state index contributed by atoms with van der Waals surface area (Å²) in [6.45, 7) is 3.80. The van der Waals surface area contributed by atoms with Crippen LogP contribution in [-0.4, -0.2) is 4.57 Å². The van der Waals surface area contributed by atoms with Crippen LogP contribution in [0, 0.1) is 25.2 Å². The molecule has 0 aliphatic carbocycles. The van der Waals surface area contributed by atoms with E-state index in [1.165, 1.54) is 0 Å².